The smallest absolute Gasteiger partial charge is 0.264 e. The van der Waals surface area contributed by atoms with E-state index in [-0.39, 0.29) is 23.4 Å². The predicted molar refractivity (Wildman–Crippen MR) is 90.3 cm³/mol. The fourth-order valence-electron chi connectivity index (χ4n) is 2.74. The molecule has 2 aromatic heterocycles. The van der Waals surface area contributed by atoms with E-state index < -0.39 is 0 Å². The van der Waals surface area contributed by atoms with Gasteiger partial charge in [0.05, 0.1) is 17.5 Å². The molecular formula is C18H17N3O2. The van der Waals surface area contributed by atoms with Crippen molar-refractivity contribution in [2.24, 2.45) is 0 Å². The van der Waals surface area contributed by atoms with Crippen molar-refractivity contribution in [1.82, 2.24) is 14.3 Å². The summed E-state index contributed by atoms with van der Waals surface area (Å²) in [6.07, 6.45) is 7.14. The quantitative estimate of drug-likeness (QED) is 0.756. The van der Waals surface area contributed by atoms with E-state index in [0.29, 0.717) is 23.1 Å². The molecule has 3 aromatic rings. The number of aryl methyl sites for hydroxylation is 2. The summed E-state index contributed by atoms with van der Waals surface area (Å²) in [5.74, 6) is 2.44. The highest BCUT2D eigenvalue weighted by molar-refractivity contribution is 5.90. The van der Waals surface area contributed by atoms with Crippen LogP contribution in [0.3, 0.4) is 0 Å². The van der Waals surface area contributed by atoms with Gasteiger partial charge in [-0.05, 0) is 25.0 Å². The maximum Gasteiger partial charge on any atom is 0.264 e. The zero-order valence-corrected chi connectivity index (χ0v) is 13.1. The maximum atomic E-state index is 12.9. The predicted octanol–water partition coefficient (Wildman–Crippen LogP) is 2.53. The molecule has 116 valence electrons. The molecule has 0 fully saturated rings. The monoisotopic (exact) mass is 307 g/mol. The lowest BCUT2D eigenvalue weighted by Crippen LogP contribution is -2.22. The fourth-order valence-corrected chi connectivity index (χ4v) is 2.74. The van der Waals surface area contributed by atoms with Gasteiger partial charge in [-0.2, -0.15) is 5.10 Å². The average molecular weight is 307 g/mol. The van der Waals surface area contributed by atoms with Crippen molar-refractivity contribution < 1.29 is 5.11 Å². The Hall–Kier alpha value is -3.00. The molecule has 0 bridgehead atoms. The minimum absolute atomic E-state index is 0.0488. The van der Waals surface area contributed by atoms with Crippen LogP contribution in [-0.2, 0) is 13.1 Å². The van der Waals surface area contributed by atoms with Crippen molar-refractivity contribution in [2.75, 3.05) is 0 Å². The summed E-state index contributed by atoms with van der Waals surface area (Å²) in [5.41, 5.74) is 1.95. The number of benzene rings is 1. The Morgan fingerprint density at radius 1 is 1.35 bits per heavy atom. The van der Waals surface area contributed by atoms with Crippen molar-refractivity contribution >= 4 is 11.0 Å². The minimum atomic E-state index is -0.330. The molecule has 0 aliphatic rings. The van der Waals surface area contributed by atoms with Crippen LogP contribution in [0.15, 0.2) is 35.3 Å². The molecule has 0 spiro atoms. The number of aromatic nitrogens is 3. The van der Waals surface area contributed by atoms with E-state index in [2.05, 4.69) is 11.0 Å². The van der Waals surface area contributed by atoms with E-state index in [1.807, 2.05) is 38.1 Å². The Morgan fingerprint density at radius 3 is 2.74 bits per heavy atom. The van der Waals surface area contributed by atoms with Gasteiger partial charge in [0.1, 0.15) is 5.75 Å². The summed E-state index contributed by atoms with van der Waals surface area (Å²) in [5, 5.41) is 15.6. The van der Waals surface area contributed by atoms with Crippen molar-refractivity contribution in [3.05, 3.63) is 46.4 Å². The summed E-state index contributed by atoms with van der Waals surface area (Å²) in [6, 6.07) is 7.46. The number of hydrogen-bond acceptors (Lipinski definition) is 3. The fraction of sp³-hybridized carbons (Fsp3) is 0.222. The van der Waals surface area contributed by atoms with Gasteiger partial charge < -0.3 is 5.11 Å². The van der Waals surface area contributed by atoms with Gasteiger partial charge in [-0.3, -0.25) is 14.0 Å². The van der Waals surface area contributed by atoms with Crippen LogP contribution in [0.5, 0.6) is 5.75 Å². The third-order valence-electron chi connectivity index (χ3n) is 3.94. The van der Waals surface area contributed by atoms with E-state index in [4.69, 9.17) is 6.42 Å². The molecule has 0 aliphatic heterocycles. The second kappa shape index (κ2) is 5.65. The Bertz CT molecular complexity index is 990. The average Bonchev–Trinajstić information content (AvgIpc) is 2.98. The molecule has 1 aromatic carbocycles. The molecule has 23 heavy (non-hydrogen) atoms. The largest absolute Gasteiger partial charge is 0.506 e. The standard InChI is InChI=1S/C18H17N3O2/c1-4-10-21-17-14(11-20(5-2)19-17)16(22)15(18(21)23)13-9-7-6-8-12(13)3/h1,6-9,11,22H,5,10H2,2-3H3. The topological polar surface area (TPSA) is 60.1 Å². The molecule has 2 heterocycles. The van der Waals surface area contributed by atoms with E-state index in [1.54, 1.807) is 10.9 Å². The molecule has 0 saturated heterocycles. The second-order valence-electron chi connectivity index (χ2n) is 5.36. The van der Waals surface area contributed by atoms with Gasteiger partial charge in [0.15, 0.2) is 5.65 Å². The summed E-state index contributed by atoms with van der Waals surface area (Å²) in [4.78, 5) is 12.9. The summed E-state index contributed by atoms with van der Waals surface area (Å²) in [6.45, 7) is 4.58. The summed E-state index contributed by atoms with van der Waals surface area (Å²) in [7, 11) is 0. The van der Waals surface area contributed by atoms with Gasteiger partial charge in [-0.15, -0.1) is 6.42 Å². The molecule has 1 N–H and O–H groups in total. The lowest BCUT2D eigenvalue weighted by molar-refractivity contribution is 0.481. The van der Waals surface area contributed by atoms with Crippen molar-refractivity contribution in [3.63, 3.8) is 0 Å². The van der Waals surface area contributed by atoms with Gasteiger partial charge in [0, 0.05) is 12.7 Å². The van der Waals surface area contributed by atoms with Gasteiger partial charge >= 0.3 is 0 Å². The molecule has 3 rings (SSSR count). The van der Waals surface area contributed by atoms with E-state index in [1.165, 1.54) is 4.57 Å². The van der Waals surface area contributed by atoms with Crippen LogP contribution in [0, 0.1) is 19.3 Å². The first-order valence-corrected chi connectivity index (χ1v) is 7.40. The van der Waals surface area contributed by atoms with E-state index >= 15 is 0 Å². The van der Waals surface area contributed by atoms with Crippen LogP contribution in [0.1, 0.15) is 12.5 Å². The highest BCUT2D eigenvalue weighted by atomic mass is 16.3. The normalized spacial score (nSPS) is 10.8. The Morgan fingerprint density at radius 2 is 2.09 bits per heavy atom. The molecule has 0 aliphatic carbocycles. The van der Waals surface area contributed by atoms with Crippen molar-refractivity contribution in [3.8, 4) is 29.2 Å². The first-order chi connectivity index (χ1) is 11.1. The molecule has 0 atom stereocenters. The van der Waals surface area contributed by atoms with Crippen LogP contribution in [-0.4, -0.2) is 19.5 Å². The number of hydrogen-bond donors (Lipinski definition) is 1. The number of rotatable bonds is 3. The first kappa shape index (κ1) is 14.9. The van der Waals surface area contributed by atoms with E-state index in [0.717, 1.165) is 5.56 Å². The molecule has 0 amide bonds. The van der Waals surface area contributed by atoms with Gasteiger partial charge in [0.25, 0.3) is 5.56 Å². The molecule has 0 radical (unpaired) electrons. The first-order valence-electron chi connectivity index (χ1n) is 7.40. The second-order valence-corrected chi connectivity index (χ2v) is 5.36. The Labute approximate surface area is 133 Å². The molecule has 5 nitrogen and oxygen atoms in total. The highest BCUT2D eigenvalue weighted by Crippen LogP contribution is 2.34. The van der Waals surface area contributed by atoms with Gasteiger partial charge in [-0.25, -0.2) is 0 Å². The minimum Gasteiger partial charge on any atom is -0.506 e. The zero-order valence-electron chi connectivity index (χ0n) is 13.1. The summed E-state index contributed by atoms with van der Waals surface area (Å²) < 4.78 is 3.11. The lowest BCUT2D eigenvalue weighted by atomic mass is 10.00. The van der Waals surface area contributed by atoms with Crippen LogP contribution in [0.25, 0.3) is 22.2 Å². The number of pyridine rings is 1. The SMILES string of the molecule is C#CCn1c(=O)c(-c2ccccc2C)c(O)c2cn(CC)nc21. The molecule has 5 heteroatoms. The Kier molecular flexibility index (Phi) is 3.67. The number of aromatic hydroxyl groups is 1. The zero-order chi connectivity index (χ0) is 16.6. The van der Waals surface area contributed by atoms with E-state index in [9.17, 15) is 9.90 Å². The maximum absolute atomic E-state index is 12.9. The number of terminal acetylenes is 1. The van der Waals surface area contributed by atoms with Crippen LogP contribution in [0.4, 0.5) is 0 Å². The molecule has 0 saturated carbocycles. The number of nitrogens with zero attached hydrogens (tertiary/aromatic N) is 3. The van der Waals surface area contributed by atoms with Gasteiger partial charge in [0.2, 0.25) is 0 Å². The Balaban J connectivity index is 2.46. The van der Waals surface area contributed by atoms with Crippen molar-refractivity contribution in [2.45, 2.75) is 26.9 Å². The van der Waals surface area contributed by atoms with Crippen molar-refractivity contribution in [1.29, 1.82) is 0 Å². The van der Waals surface area contributed by atoms with Crippen LogP contribution >= 0.6 is 0 Å². The van der Waals surface area contributed by atoms with Crippen LogP contribution < -0.4 is 5.56 Å². The highest BCUT2D eigenvalue weighted by Gasteiger charge is 2.20. The third-order valence-corrected chi connectivity index (χ3v) is 3.94. The molecular weight excluding hydrogens is 290 g/mol. The van der Waals surface area contributed by atoms with Gasteiger partial charge in [-0.1, -0.05) is 30.2 Å². The van der Waals surface area contributed by atoms with Crippen LogP contribution in [0.2, 0.25) is 0 Å². The summed E-state index contributed by atoms with van der Waals surface area (Å²) >= 11 is 0. The third kappa shape index (κ3) is 2.29. The lowest BCUT2D eigenvalue weighted by Gasteiger charge is -2.11. The number of fused-ring (bicyclic) bond motifs is 1. The molecule has 0 unspecified atom stereocenters.